The molecule has 2 heterocycles. The molecule has 4 aliphatic carbocycles. The Balaban J connectivity index is 1.46. The summed E-state index contributed by atoms with van der Waals surface area (Å²) >= 11 is 0. The van der Waals surface area contributed by atoms with Crippen molar-refractivity contribution in [1.29, 1.82) is 0 Å². The number of aromatic nitrogens is 2. The second-order valence-corrected chi connectivity index (χ2v) is 15.6. The van der Waals surface area contributed by atoms with E-state index in [1.54, 1.807) is 37.4 Å². The lowest BCUT2D eigenvalue weighted by atomic mass is 9.42. The Morgan fingerprint density at radius 1 is 0.922 bits per heavy atom. The number of hydrogen-bond donors (Lipinski definition) is 2. The van der Waals surface area contributed by atoms with Gasteiger partial charge in [0.05, 0.1) is 16.5 Å². The fourth-order valence-corrected chi connectivity index (χ4v) is 9.56. The summed E-state index contributed by atoms with van der Waals surface area (Å²) in [6.45, 7) is 10.6. The van der Waals surface area contributed by atoms with E-state index in [0.29, 0.717) is 24.8 Å². The van der Waals surface area contributed by atoms with Crippen LogP contribution in [0.2, 0.25) is 0 Å². The van der Waals surface area contributed by atoms with E-state index in [-0.39, 0.29) is 37.2 Å². The monoisotopic (exact) mass is 700 g/mol. The van der Waals surface area contributed by atoms with Crippen LogP contribution in [0, 0.1) is 22.7 Å². The molecule has 0 aliphatic heterocycles. The Labute approximate surface area is 298 Å². The van der Waals surface area contributed by atoms with Crippen LogP contribution in [0.15, 0.2) is 72.4 Å². The van der Waals surface area contributed by atoms with E-state index in [0.717, 1.165) is 11.1 Å². The normalized spacial score (nSPS) is 35.8. The minimum absolute atomic E-state index is 0.0605. The summed E-state index contributed by atoms with van der Waals surface area (Å²) in [5.74, 6) is -2.94. The summed E-state index contributed by atoms with van der Waals surface area (Å²) in [5.41, 5.74) is -5.92. The van der Waals surface area contributed by atoms with E-state index in [2.05, 4.69) is 9.97 Å². The maximum absolute atomic E-state index is 14.0. The molecule has 11 heteroatoms. The molecule has 272 valence electrons. The van der Waals surface area contributed by atoms with Crippen LogP contribution in [0.25, 0.3) is 0 Å². The highest BCUT2D eigenvalue weighted by molar-refractivity contribution is 5.90. The molecule has 8 atom stereocenters. The van der Waals surface area contributed by atoms with Gasteiger partial charge in [0.1, 0.15) is 29.0 Å². The number of pyridine rings is 2. The van der Waals surface area contributed by atoms with Gasteiger partial charge in [0.25, 0.3) is 0 Å². The SMILES string of the molecule is CC(=O)[C@]1(O)CC[C@@]2(O)[C@]1(C)[C@H](OC(=O)/C=C(\C)C(C)C)C[C@@H]1[C@@]3(C)CC[C@H](OC(=O)c4cccnc4)CC3=CC[C@]12OC(=O)c1cccnc1. The Morgan fingerprint density at radius 2 is 1.57 bits per heavy atom. The maximum atomic E-state index is 14.0. The van der Waals surface area contributed by atoms with Crippen LogP contribution in [-0.4, -0.2) is 72.9 Å². The Morgan fingerprint density at radius 3 is 2.16 bits per heavy atom. The van der Waals surface area contributed by atoms with Crippen molar-refractivity contribution >= 4 is 23.7 Å². The quantitative estimate of drug-likeness (QED) is 0.155. The molecule has 0 saturated heterocycles. The zero-order valence-electron chi connectivity index (χ0n) is 30.2. The molecule has 0 radical (unpaired) electrons. The number of esters is 3. The first-order valence-corrected chi connectivity index (χ1v) is 17.8. The van der Waals surface area contributed by atoms with Crippen molar-refractivity contribution in [3.8, 4) is 0 Å². The lowest BCUT2D eigenvalue weighted by Crippen LogP contribution is -2.79. The Bertz CT molecular complexity index is 1780. The fraction of sp³-hybridized carbons (Fsp3) is 0.550. The van der Waals surface area contributed by atoms with E-state index >= 15 is 0 Å². The van der Waals surface area contributed by atoms with E-state index in [9.17, 15) is 29.4 Å². The van der Waals surface area contributed by atoms with E-state index < -0.39 is 69.5 Å². The molecule has 6 rings (SSSR count). The standard InChI is InChI=1S/C40H48N2O9/c1-24(2)25(3)19-33(44)50-32-21-31-36(5)13-12-30(49-34(45)27-9-7-17-41-22-27)20-29(36)11-14-39(31,51-35(46)28-10-8-18-42-23-28)40(48)16-15-38(47,26(4)43)37(32,40)6/h7-11,17-19,22-24,30-32,47-48H,12-16,20-21H2,1-6H3/b25-19+/t30-,31+,32+,36-,37+,38+,39-,40+/m0/s1. The molecule has 51 heavy (non-hydrogen) atoms. The van der Waals surface area contributed by atoms with Gasteiger partial charge in [-0.05, 0) is 88.5 Å². The molecule has 0 bridgehead atoms. The van der Waals surface area contributed by atoms with Gasteiger partial charge in [-0.2, -0.15) is 0 Å². The van der Waals surface area contributed by atoms with Crippen LogP contribution in [0.5, 0.6) is 0 Å². The highest BCUT2D eigenvalue weighted by atomic mass is 16.6. The molecular formula is C40H48N2O9. The molecule has 3 fully saturated rings. The third-order valence-corrected chi connectivity index (χ3v) is 13.0. The lowest BCUT2D eigenvalue weighted by Gasteiger charge is -2.67. The number of ether oxygens (including phenoxy) is 3. The second kappa shape index (κ2) is 13.1. The van der Waals surface area contributed by atoms with Gasteiger partial charge in [-0.3, -0.25) is 14.8 Å². The molecule has 0 spiro atoms. The van der Waals surface area contributed by atoms with Gasteiger partial charge in [-0.25, -0.2) is 14.4 Å². The van der Waals surface area contributed by atoms with Crippen molar-refractivity contribution < 1.29 is 43.6 Å². The predicted octanol–water partition coefficient (Wildman–Crippen LogP) is 5.50. The average molecular weight is 701 g/mol. The van der Waals surface area contributed by atoms with Crippen molar-refractivity contribution in [2.45, 2.75) is 115 Å². The molecule has 11 nitrogen and oxygen atoms in total. The summed E-state index contributed by atoms with van der Waals surface area (Å²) < 4.78 is 18.8. The van der Waals surface area contributed by atoms with Crippen molar-refractivity contribution in [2.75, 3.05) is 0 Å². The summed E-state index contributed by atoms with van der Waals surface area (Å²) in [4.78, 5) is 62.1. The number of rotatable bonds is 8. The molecule has 2 N–H and O–H groups in total. The number of carbonyl (C=O) groups excluding carboxylic acids is 4. The summed E-state index contributed by atoms with van der Waals surface area (Å²) in [5, 5.41) is 25.6. The number of fused-ring (bicyclic) bond motifs is 5. The second-order valence-electron chi connectivity index (χ2n) is 15.6. The molecule has 0 unspecified atom stereocenters. The molecule has 0 aromatic carbocycles. The van der Waals surface area contributed by atoms with Crippen molar-refractivity contribution in [3.05, 3.63) is 83.5 Å². The van der Waals surface area contributed by atoms with Crippen LogP contribution < -0.4 is 0 Å². The van der Waals surface area contributed by atoms with Crippen molar-refractivity contribution in [3.63, 3.8) is 0 Å². The van der Waals surface area contributed by atoms with Crippen LogP contribution in [0.4, 0.5) is 0 Å². The molecule has 4 aliphatic rings. The van der Waals surface area contributed by atoms with Crippen LogP contribution in [0.1, 0.15) is 107 Å². The first-order valence-electron chi connectivity index (χ1n) is 17.8. The zero-order chi connectivity index (χ0) is 37.0. The number of ketones is 1. The number of allylic oxidation sites excluding steroid dienone is 1. The Kier molecular flexibility index (Phi) is 9.38. The zero-order valence-corrected chi connectivity index (χ0v) is 30.2. The van der Waals surface area contributed by atoms with Gasteiger partial charge in [0.15, 0.2) is 5.78 Å². The van der Waals surface area contributed by atoms with Gasteiger partial charge >= 0.3 is 17.9 Å². The van der Waals surface area contributed by atoms with Crippen LogP contribution in [0.3, 0.4) is 0 Å². The minimum Gasteiger partial charge on any atom is -0.458 e. The van der Waals surface area contributed by atoms with Crippen LogP contribution >= 0.6 is 0 Å². The maximum Gasteiger partial charge on any atom is 0.340 e. The topological polar surface area (TPSA) is 162 Å². The predicted molar refractivity (Wildman–Crippen MR) is 185 cm³/mol. The number of nitrogens with zero attached hydrogens (tertiary/aromatic N) is 2. The molecule has 3 saturated carbocycles. The molecule has 2 aromatic heterocycles. The van der Waals surface area contributed by atoms with E-state index in [1.165, 1.54) is 31.6 Å². The fourth-order valence-electron chi connectivity index (χ4n) is 9.56. The smallest absolute Gasteiger partial charge is 0.340 e. The summed E-state index contributed by atoms with van der Waals surface area (Å²) in [7, 11) is 0. The third kappa shape index (κ3) is 5.64. The number of aliphatic hydroxyl groups is 2. The third-order valence-electron chi connectivity index (χ3n) is 13.0. The van der Waals surface area contributed by atoms with Crippen molar-refractivity contribution in [2.24, 2.45) is 22.7 Å². The van der Waals surface area contributed by atoms with Crippen molar-refractivity contribution in [1.82, 2.24) is 9.97 Å². The number of hydrogen-bond acceptors (Lipinski definition) is 11. The lowest BCUT2D eigenvalue weighted by molar-refractivity contribution is -0.312. The van der Waals surface area contributed by atoms with E-state index in [1.807, 2.05) is 33.8 Å². The van der Waals surface area contributed by atoms with Crippen LogP contribution in [-0.2, 0) is 23.8 Å². The van der Waals surface area contributed by atoms with Gasteiger partial charge in [0.2, 0.25) is 0 Å². The van der Waals surface area contributed by atoms with Gasteiger partial charge in [-0.1, -0.05) is 38.0 Å². The number of Topliss-reactive ketones (excluding diaryl/α,β-unsaturated/α-hetero) is 1. The molecule has 0 amide bonds. The average Bonchev–Trinajstić information content (AvgIpc) is 3.34. The van der Waals surface area contributed by atoms with Gasteiger partial charge < -0.3 is 24.4 Å². The first-order chi connectivity index (χ1) is 24.0. The van der Waals surface area contributed by atoms with E-state index in [4.69, 9.17) is 14.2 Å². The summed E-state index contributed by atoms with van der Waals surface area (Å²) in [6, 6.07) is 6.52. The number of carbonyl (C=O) groups is 4. The van der Waals surface area contributed by atoms with Gasteiger partial charge in [0, 0.05) is 49.6 Å². The highest BCUT2D eigenvalue weighted by Gasteiger charge is 2.83. The largest absolute Gasteiger partial charge is 0.458 e. The molecular weight excluding hydrogens is 652 g/mol. The molecule has 2 aromatic rings. The summed E-state index contributed by atoms with van der Waals surface area (Å²) in [6.07, 6.45) is 9.13. The van der Waals surface area contributed by atoms with Gasteiger partial charge in [-0.15, -0.1) is 0 Å². The highest BCUT2D eigenvalue weighted by Crippen LogP contribution is 2.72. The Hall–Kier alpha value is -4.22. The first kappa shape index (κ1) is 36.6. The minimum atomic E-state index is -2.09.